The van der Waals surface area contributed by atoms with Gasteiger partial charge in [0, 0.05) is 18.5 Å². The molecule has 3 N–H and O–H groups in total. The van der Waals surface area contributed by atoms with Crippen molar-refractivity contribution in [3.05, 3.63) is 112 Å². The third-order valence-electron chi connectivity index (χ3n) is 6.40. The molecule has 0 saturated carbocycles. The van der Waals surface area contributed by atoms with Crippen molar-refractivity contribution in [2.45, 2.75) is 44.6 Å². The van der Waals surface area contributed by atoms with E-state index in [1.54, 1.807) is 10.9 Å². The van der Waals surface area contributed by atoms with Gasteiger partial charge in [0.1, 0.15) is 5.15 Å². The van der Waals surface area contributed by atoms with Crippen LogP contribution in [0.2, 0.25) is 10.3 Å². The molecule has 36 heavy (non-hydrogen) atoms. The second-order valence-electron chi connectivity index (χ2n) is 8.86. The van der Waals surface area contributed by atoms with E-state index in [0.29, 0.717) is 24.7 Å². The Hall–Kier alpha value is -2.71. The third kappa shape index (κ3) is 5.49. The summed E-state index contributed by atoms with van der Waals surface area (Å²) >= 11 is 12.4. The zero-order valence-corrected chi connectivity index (χ0v) is 21.1. The molecule has 8 heteroatoms. The summed E-state index contributed by atoms with van der Waals surface area (Å²) in [6.07, 6.45) is 1.26. The Morgan fingerprint density at radius 3 is 2.36 bits per heavy atom. The first kappa shape index (κ1) is 25.0. The fraction of sp³-hybridized carbons (Fsp3) is 0.250. The van der Waals surface area contributed by atoms with Crippen LogP contribution in [0.3, 0.4) is 0 Å². The van der Waals surface area contributed by atoms with Crippen LogP contribution in [0.15, 0.2) is 79.1 Å². The van der Waals surface area contributed by atoms with Crippen molar-refractivity contribution in [2.75, 3.05) is 0 Å². The van der Waals surface area contributed by atoms with Crippen molar-refractivity contribution < 1.29 is 14.6 Å². The molecule has 1 aliphatic heterocycles. The number of benzene rings is 3. The maximum atomic E-state index is 9.43. The molecule has 1 aliphatic rings. The lowest BCUT2D eigenvalue weighted by Gasteiger charge is -2.36. The molecule has 0 unspecified atom stereocenters. The second-order valence-corrected chi connectivity index (χ2v) is 9.57. The van der Waals surface area contributed by atoms with E-state index in [1.165, 1.54) is 0 Å². The van der Waals surface area contributed by atoms with Crippen molar-refractivity contribution >= 4 is 23.2 Å². The van der Waals surface area contributed by atoms with E-state index < -0.39 is 6.29 Å². The summed E-state index contributed by atoms with van der Waals surface area (Å²) in [7, 11) is 0. The van der Waals surface area contributed by atoms with Crippen LogP contribution in [0.4, 0.5) is 0 Å². The molecule has 5 rings (SSSR count). The molecule has 0 aliphatic carbocycles. The number of halogens is 2. The quantitative estimate of drug-likeness (QED) is 0.308. The van der Waals surface area contributed by atoms with Gasteiger partial charge in [0.15, 0.2) is 11.4 Å². The number of aliphatic hydroxyl groups is 1. The fourth-order valence-corrected chi connectivity index (χ4v) is 4.78. The zero-order chi connectivity index (χ0) is 25.1. The Balaban J connectivity index is 1.45. The van der Waals surface area contributed by atoms with Gasteiger partial charge in [-0.3, -0.25) is 0 Å². The van der Waals surface area contributed by atoms with E-state index >= 15 is 0 Å². The maximum Gasteiger partial charge on any atom is 0.184 e. The van der Waals surface area contributed by atoms with E-state index in [0.717, 1.165) is 33.4 Å². The molecule has 1 fully saturated rings. The minimum atomic E-state index is -0.582. The highest BCUT2D eigenvalue weighted by atomic mass is 35.5. The smallest absolute Gasteiger partial charge is 0.184 e. The van der Waals surface area contributed by atoms with Crippen molar-refractivity contribution in [1.82, 2.24) is 9.55 Å². The van der Waals surface area contributed by atoms with E-state index in [9.17, 15) is 5.11 Å². The van der Waals surface area contributed by atoms with Crippen molar-refractivity contribution in [3.8, 4) is 11.1 Å². The van der Waals surface area contributed by atoms with Crippen molar-refractivity contribution in [1.29, 1.82) is 0 Å². The number of nitrogens with two attached hydrogens (primary N) is 1. The number of aromatic nitrogens is 2. The topological polar surface area (TPSA) is 82.5 Å². The van der Waals surface area contributed by atoms with Gasteiger partial charge < -0.3 is 24.9 Å². The molecule has 3 aromatic carbocycles. The highest BCUT2D eigenvalue weighted by molar-refractivity contribution is 6.40. The number of rotatable bonds is 7. The Labute approximate surface area is 220 Å². The van der Waals surface area contributed by atoms with Crippen molar-refractivity contribution in [2.24, 2.45) is 5.73 Å². The molecule has 0 spiro atoms. The standard InChI is InChI=1S/C28H27Cl2N3O3/c29-26-27(30)33(17-32-26)15-24-13-25(20-9-7-18(16-34)8-10-20)36-28(35-24)23-6-2-5-22(12-23)21-4-1-3-19(11-21)14-31/h1-12,17,24-25,28,34H,13-16,31H2/t24-,25+,28+/m0/s1. The summed E-state index contributed by atoms with van der Waals surface area (Å²) in [6, 6.07) is 24.2. The molecule has 3 atom stereocenters. The summed E-state index contributed by atoms with van der Waals surface area (Å²) in [5.74, 6) is 0. The van der Waals surface area contributed by atoms with Gasteiger partial charge >= 0.3 is 0 Å². The lowest BCUT2D eigenvalue weighted by molar-refractivity contribution is -0.252. The maximum absolute atomic E-state index is 9.43. The molecule has 0 radical (unpaired) electrons. The Kier molecular flexibility index (Phi) is 7.72. The number of imidazole rings is 1. The average Bonchev–Trinajstić information content (AvgIpc) is 3.25. The van der Waals surface area contributed by atoms with E-state index in [2.05, 4.69) is 29.2 Å². The number of aliphatic hydroxyl groups excluding tert-OH is 1. The predicted molar refractivity (Wildman–Crippen MR) is 140 cm³/mol. The van der Waals surface area contributed by atoms with E-state index in [4.69, 9.17) is 38.4 Å². The number of nitrogens with zero attached hydrogens (tertiary/aromatic N) is 2. The molecule has 1 saturated heterocycles. The molecular formula is C28H27Cl2N3O3. The van der Waals surface area contributed by atoms with Gasteiger partial charge in [0.25, 0.3) is 0 Å². The van der Waals surface area contributed by atoms with Crippen LogP contribution in [0.1, 0.15) is 41.1 Å². The molecule has 0 amide bonds. The Bertz CT molecular complexity index is 1330. The highest BCUT2D eigenvalue weighted by Crippen LogP contribution is 2.39. The molecule has 1 aromatic heterocycles. The van der Waals surface area contributed by atoms with Crippen LogP contribution < -0.4 is 5.73 Å². The van der Waals surface area contributed by atoms with Gasteiger partial charge in [-0.25, -0.2) is 4.98 Å². The first-order valence-electron chi connectivity index (χ1n) is 11.8. The normalized spacial score (nSPS) is 19.9. The van der Waals surface area contributed by atoms with Crippen LogP contribution in [0, 0.1) is 0 Å². The van der Waals surface area contributed by atoms with Crippen LogP contribution in [0.25, 0.3) is 11.1 Å². The molecule has 2 heterocycles. The second kappa shape index (κ2) is 11.1. The molecule has 6 nitrogen and oxygen atoms in total. The Morgan fingerprint density at radius 2 is 1.67 bits per heavy atom. The third-order valence-corrected chi connectivity index (χ3v) is 7.17. The first-order chi connectivity index (χ1) is 17.5. The zero-order valence-electron chi connectivity index (χ0n) is 19.6. The van der Waals surface area contributed by atoms with Gasteiger partial charge in [-0.15, -0.1) is 0 Å². The van der Waals surface area contributed by atoms with Crippen molar-refractivity contribution in [3.63, 3.8) is 0 Å². The summed E-state index contributed by atoms with van der Waals surface area (Å²) in [5, 5.41) is 10.1. The lowest BCUT2D eigenvalue weighted by Crippen LogP contribution is -2.32. The lowest BCUT2D eigenvalue weighted by atomic mass is 9.98. The average molecular weight is 524 g/mol. The summed E-state index contributed by atoms with van der Waals surface area (Å²) in [5.41, 5.74) is 11.9. The van der Waals surface area contributed by atoms with Gasteiger partial charge in [-0.1, -0.05) is 83.9 Å². The summed E-state index contributed by atoms with van der Waals surface area (Å²) in [6.45, 7) is 0.974. The molecular weight excluding hydrogens is 497 g/mol. The molecule has 4 aromatic rings. The van der Waals surface area contributed by atoms with Crippen LogP contribution in [0.5, 0.6) is 0 Å². The Morgan fingerprint density at radius 1 is 0.917 bits per heavy atom. The largest absolute Gasteiger partial charge is 0.392 e. The SMILES string of the molecule is NCc1cccc(-c2cccc([C@@H]3O[C@H](Cn4cnc(Cl)c4Cl)C[C@H](c4ccc(CO)cc4)O3)c2)c1. The van der Waals surface area contributed by atoms with E-state index in [1.807, 2.05) is 48.5 Å². The van der Waals surface area contributed by atoms with Gasteiger partial charge in [-0.2, -0.15) is 0 Å². The number of hydrogen-bond donors (Lipinski definition) is 2. The first-order valence-corrected chi connectivity index (χ1v) is 12.6. The number of ether oxygens (including phenoxy) is 2. The summed E-state index contributed by atoms with van der Waals surface area (Å²) in [4.78, 5) is 4.09. The van der Waals surface area contributed by atoms with Crippen LogP contribution in [-0.2, 0) is 29.2 Å². The minimum absolute atomic E-state index is 0.00178. The highest BCUT2D eigenvalue weighted by Gasteiger charge is 2.33. The van der Waals surface area contributed by atoms with Crippen LogP contribution in [-0.4, -0.2) is 20.8 Å². The predicted octanol–water partition coefficient (Wildman–Crippen LogP) is 6.05. The monoisotopic (exact) mass is 523 g/mol. The van der Waals surface area contributed by atoms with Gasteiger partial charge in [0.2, 0.25) is 0 Å². The number of hydrogen-bond acceptors (Lipinski definition) is 5. The fourth-order valence-electron chi connectivity index (χ4n) is 4.47. The van der Waals surface area contributed by atoms with Gasteiger partial charge in [0.05, 0.1) is 31.7 Å². The van der Waals surface area contributed by atoms with Crippen LogP contribution >= 0.6 is 23.2 Å². The van der Waals surface area contributed by atoms with E-state index in [-0.39, 0.29) is 24.0 Å². The minimum Gasteiger partial charge on any atom is -0.392 e. The summed E-state index contributed by atoms with van der Waals surface area (Å²) < 4.78 is 14.7. The molecule has 186 valence electrons. The molecule has 0 bridgehead atoms. The van der Waals surface area contributed by atoms with Gasteiger partial charge in [-0.05, 0) is 39.9 Å².